The van der Waals surface area contributed by atoms with Gasteiger partial charge in [-0.15, -0.1) is 11.3 Å². The normalized spacial score (nSPS) is 20.1. The van der Waals surface area contributed by atoms with Crippen LogP contribution in [0.5, 0.6) is 0 Å². The number of sulfonamides is 1. The average molecular weight is 478 g/mol. The lowest BCUT2D eigenvalue weighted by Gasteiger charge is -2.30. The van der Waals surface area contributed by atoms with Gasteiger partial charge in [-0.05, 0) is 67.9 Å². The van der Waals surface area contributed by atoms with Gasteiger partial charge in [0, 0.05) is 28.9 Å². The zero-order chi connectivity index (χ0) is 22.2. The van der Waals surface area contributed by atoms with Crippen LogP contribution in [0, 0.1) is 23.2 Å². The minimum absolute atomic E-state index is 0.133. The van der Waals surface area contributed by atoms with E-state index in [0.717, 1.165) is 24.8 Å². The highest BCUT2D eigenvalue weighted by atomic mass is 35.5. The Labute approximate surface area is 191 Å². The smallest absolute Gasteiger partial charge is 0.243 e. The van der Waals surface area contributed by atoms with Gasteiger partial charge in [-0.3, -0.25) is 4.79 Å². The van der Waals surface area contributed by atoms with Crippen molar-refractivity contribution in [1.29, 1.82) is 5.26 Å². The van der Waals surface area contributed by atoms with E-state index >= 15 is 0 Å². The number of hydrogen-bond donors (Lipinski definition) is 1. The second-order valence-corrected chi connectivity index (χ2v) is 11.8. The maximum atomic E-state index is 12.9. The molecule has 2 aliphatic rings. The molecule has 0 unspecified atom stereocenters. The molecule has 1 aromatic heterocycles. The Morgan fingerprint density at radius 2 is 1.90 bits per heavy atom. The predicted molar refractivity (Wildman–Crippen MR) is 122 cm³/mol. The summed E-state index contributed by atoms with van der Waals surface area (Å²) >= 11 is 7.37. The first-order valence-corrected chi connectivity index (χ1v) is 13.0. The number of hydrogen-bond acceptors (Lipinski definition) is 5. The molecule has 0 spiro atoms. The van der Waals surface area contributed by atoms with Crippen LogP contribution in [0.1, 0.15) is 42.2 Å². The highest BCUT2D eigenvalue weighted by Gasteiger charge is 2.33. The van der Waals surface area contributed by atoms with Crippen LogP contribution in [0.15, 0.2) is 29.2 Å². The quantitative estimate of drug-likeness (QED) is 0.704. The molecule has 0 bridgehead atoms. The van der Waals surface area contributed by atoms with Crippen molar-refractivity contribution in [2.75, 3.05) is 18.4 Å². The van der Waals surface area contributed by atoms with E-state index in [1.165, 1.54) is 32.7 Å². The SMILES string of the molecule is C[C@H]1CCc2c(sc(NC(=O)C3CCN(S(=O)(=O)c4ccc(Cl)cc4)CC3)c2C#N)C1. The van der Waals surface area contributed by atoms with E-state index in [-0.39, 0.29) is 29.8 Å². The summed E-state index contributed by atoms with van der Waals surface area (Å²) in [5.41, 5.74) is 1.69. The van der Waals surface area contributed by atoms with E-state index in [0.29, 0.717) is 34.3 Å². The van der Waals surface area contributed by atoms with Crippen molar-refractivity contribution in [2.24, 2.45) is 11.8 Å². The van der Waals surface area contributed by atoms with Crippen molar-refractivity contribution in [3.8, 4) is 6.07 Å². The van der Waals surface area contributed by atoms with Crippen molar-refractivity contribution in [3.05, 3.63) is 45.3 Å². The van der Waals surface area contributed by atoms with Crippen LogP contribution in [0.4, 0.5) is 5.00 Å². The summed E-state index contributed by atoms with van der Waals surface area (Å²) in [5, 5.41) is 13.7. The summed E-state index contributed by atoms with van der Waals surface area (Å²) in [6.45, 7) is 2.78. The molecule has 1 aromatic carbocycles. The number of benzene rings is 1. The number of rotatable bonds is 4. The molecule has 1 fully saturated rings. The van der Waals surface area contributed by atoms with Crippen molar-refractivity contribution in [2.45, 2.75) is 43.9 Å². The fourth-order valence-electron chi connectivity index (χ4n) is 4.29. The minimum atomic E-state index is -3.60. The molecule has 1 aliphatic carbocycles. The molecule has 2 heterocycles. The topological polar surface area (TPSA) is 90.3 Å². The van der Waals surface area contributed by atoms with E-state index in [4.69, 9.17) is 11.6 Å². The molecule has 164 valence electrons. The van der Waals surface area contributed by atoms with Gasteiger partial charge in [0.1, 0.15) is 11.1 Å². The van der Waals surface area contributed by atoms with Gasteiger partial charge >= 0.3 is 0 Å². The first-order valence-electron chi connectivity index (χ1n) is 10.4. The molecule has 1 N–H and O–H groups in total. The number of amides is 1. The van der Waals surface area contributed by atoms with Crippen molar-refractivity contribution < 1.29 is 13.2 Å². The van der Waals surface area contributed by atoms with Gasteiger partial charge in [0.25, 0.3) is 0 Å². The number of anilines is 1. The van der Waals surface area contributed by atoms with E-state index in [1.54, 1.807) is 12.1 Å². The van der Waals surface area contributed by atoms with Crippen molar-refractivity contribution >= 4 is 43.9 Å². The van der Waals surface area contributed by atoms with Crippen LogP contribution in [0.3, 0.4) is 0 Å². The molecule has 31 heavy (non-hydrogen) atoms. The number of carbonyl (C=O) groups is 1. The van der Waals surface area contributed by atoms with E-state index < -0.39 is 10.0 Å². The Bertz CT molecular complexity index is 1130. The molecule has 9 heteroatoms. The maximum absolute atomic E-state index is 12.9. The monoisotopic (exact) mass is 477 g/mol. The molecule has 2 aromatic rings. The Morgan fingerprint density at radius 3 is 2.55 bits per heavy atom. The second kappa shape index (κ2) is 8.91. The number of nitrogens with one attached hydrogen (secondary N) is 1. The summed E-state index contributed by atoms with van der Waals surface area (Å²) < 4.78 is 27.1. The lowest BCUT2D eigenvalue weighted by molar-refractivity contribution is -0.120. The number of carbonyl (C=O) groups excluding carboxylic acids is 1. The second-order valence-electron chi connectivity index (χ2n) is 8.29. The lowest BCUT2D eigenvalue weighted by Crippen LogP contribution is -2.41. The molecule has 1 atom stereocenters. The van der Waals surface area contributed by atoms with E-state index in [2.05, 4.69) is 18.3 Å². The number of thiophene rings is 1. The third-order valence-corrected chi connectivity index (χ3v) is 9.47. The molecular weight excluding hydrogens is 454 g/mol. The molecule has 0 saturated carbocycles. The molecule has 4 rings (SSSR count). The summed E-state index contributed by atoms with van der Waals surface area (Å²) in [7, 11) is -3.60. The van der Waals surface area contributed by atoms with Gasteiger partial charge in [-0.25, -0.2) is 8.42 Å². The van der Waals surface area contributed by atoms with Crippen LogP contribution in [0.25, 0.3) is 0 Å². The zero-order valence-electron chi connectivity index (χ0n) is 17.2. The minimum Gasteiger partial charge on any atom is -0.316 e. The summed E-state index contributed by atoms with van der Waals surface area (Å²) in [5.74, 6) is 0.182. The van der Waals surface area contributed by atoms with Gasteiger partial charge in [0.15, 0.2) is 0 Å². The van der Waals surface area contributed by atoms with Crippen LogP contribution in [-0.2, 0) is 27.7 Å². The third-order valence-electron chi connectivity index (χ3n) is 6.14. The Hall–Kier alpha value is -1.92. The number of piperidine rings is 1. The summed E-state index contributed by atoms with van der Waals surface area (Å²) in [4.78, 5) is 14.3. The number of nitrogens with zero attached hydrogens (tertiary/aromatic N) is 2. The first kappa shape index (κ1) is 22.3. The predicted octanol–water partition coefficient (Wildman–Crippen LogP) is 4.44. The van der Waals surface area contributed by atoms with Crippen molar-refractivity contribution in [3.63, 3.8) is 0 Å². The Kier molecular flexibility index (Phi) is 6.40. The Morgan fingerprint density at radius 1 is 1.23 bits per heavy atom. The van der Waals surface area contributed by atoms with E-state index in [1.807, 2.05) is 0 Å². The van der Waals surface area contributed by atoms with Gasteiger partial charge in [-0.1, -0.05) is 18.5 Å². The van der Waals surface area contributed by atoms with Crippen LogP contribution in [-0.4, -0.2) is 31.7 Å². The zero-order valence-corrected chi connectivity index (χ0v) is 19.6. The lowest BCUT2D eigenvalue weighted by atomic mass is 9.88. The van der Waals surface area contributed by atoms with Gasteiger partial charge in [0.2, 0.25) is 15.9 Å². The third kappa shape index (κ3) is 4.51. The van der Waals surface area contributed by atoms with Gasteiger partial charge in [0.05, 0.1) is 10.5 Å². The van der Waals surface area contributed by atoms with Crippen molar-refractivity contribution in [1.82, 2.24) is 4.31 Å². The number of halogens is 1. The summed E-state index contributed by atoms with van der Waals surface area (Å²) in [6.07, 6.45) is 3.79. The van der Waals surface area contributed by atoms with Gasteiger partial charge in [-0.2, -0.15) is 9.57 Å². The Balaban J connectivity index is 1.41. The molecule has 1 aliphatic heterocycles. The maximum Gasteiger partial charge on any atom is 0.243 e. The van der Waals surface area contributed by atoms with Gasteiger partial charge < -0.3 is 5.32 Å². The van der Waals surface area contributed by atoms with E-state index in [9.17, 15) is 18.5 Å². The molecule has 0 radical (unpaired) electrons. The molecule has 1 amide bonds. The largest absolute Gasteiger partial charge is 0.316 e. The molecule has 1 saturated heterocycles. The summed E-state index contributed by atoms with van der Waals surface area (Å²) in [6, 6.07) is 8.39. The van der Waals surface area contributed by atoms with Crippen LogP contribution in [0.2, 0.25) is 5.02 Å². The molecular formula is C22H24ClN3O3S2. The average Bonchev–Trinajstić information content (AvgIpc) is 3.09. The number of nitriles is 1. The fourth-order valence-corrected chi connectivity index (χ4v) is 7.24. The highest BCUT2D eigenvalue weighted by Crippen LogP contribution is 2.39. The van der Waals surface area contributed by atoms with Crippen LogP contribution >= 0.6 is 22.9 Å². The highest BCUT2D eigenvalue weighted by molar-refractivity contribution is 7.89. The van der Waals surface area contributed by atoms with Crippen LogP contribution < -0.4 is 5.32 Å². The fraction of sp³-hybridized carbons (Fsp3) is 0.455. The number of fused-ring (bicyclic) bond motifs is 1. The first-order chi connectivity index (χ1) is 14.8. The molecule has 6 nitrogen and oxygen atoms in total. The standard InChI is InChI=1S/C22H24ClN3O3S2/c1-14-2-7-18-19(13-24)22(30-20(18)12-14)25-21(27)15-8-10-26(11-9-15)31(28,29)17-5-3-16(23)4-6-17/h3-6,14-15H,2,7-12H2,1H3,(H,25,27)/t14-/m0/s1.